The van der Waals surface area contributed by atoms with E-state index in [9.17, 15) is 0 Å². The Morgan fingerprint density at radius 1 is 1.25 bits per heavy atom. The zero-order valence-electron chi connectivity index (χ0n) is 8.72. The van der Waals surface area contributed by atoms with Gasteiger partial charge in [-0.2, -0.15) is 5.10 Å². The van der Waals surface area contributed by atoms with Gasteiger partial charge in [0.2, 0.25) is 5.28 Å². The van der Waals surface area contributed by atoms with E-state index in [1.165, 1.54) is 0 Å². The van der Waals surface area contributed by atoms with Crippen LogP contribution in [0.25, 0.3) is 11.3 Å². The maximum atomic E-state index is 5.67. The van der Waals surface area contributed by atoms with Gasteiger partial charge in [-0.3, -0.25) is 0 Å². The largest absolute Gasteiger partial charge is 0.494 e. The lowest BCUT2D eigenvalue weighted by molar-refractivity contribution is 0.340. The maximum absolute atomic E-state index is 5.67. The average molecular weight is 236 g/mol. The first kappa shape index (κ1) is 10.8. The van der Waals surface area contributed by atoms with Crippen LogP contribution in [0.1, 0.15) is 6.92 Å². The number of benzene rings is 1. The average Bonchev–Trinajstić information content (AvgIpc) is 2.30. The van der Waals surface area contributed by atoms with Crippen molar-refractivity contribution in [2.45, 2.75) is 6.92 Å². The van der Waals surface area contributed by atoms with E-state index in [0.717, 1.165) is 11.3 Å². The Bertz CT molecular complexity index is 473. The van der Waals surface area contributed by atoms with Gasteiger partial charge in [0.1, 0.15) is 5.75 Å². The number of hydrogen-bond acceptors (Lipinski definition) is 4. The number of nitrogens with zero attached hydrogens (tertiary/aromatic N) is 3. The van der Waals surface area contributed by atoms with Crippen molar-refractivity contribution in [1.82, 2.24) is 15.2 Å². The predicted octanol–water partition coefficient (Wildman–Crippen LogP) is 2.59. The summed E-state index contributed by atoms with van der Waals surface area (Å²) in [5.41, 5.74) is 1.63. The third kappa shape index (κ3) is 2.46. The molecule has 0 fully saturated rings. The van der Waals surface area contributed by atoms with Crippen LogP contribution in [-0.4, -0.2) is 21.8 Å². The van der Waals surface area contributed by atoms with Crippen LogP contribution in [0, 0.1) is 0 Å². The van der Waals surface area contributed by atoms with Crippen molar-refractivity contribution in [3.8, 4) is 17.0 Å². The molecule has 0 aliphatic carbocycles. The molecule has 0 N–H and O–H groups in total. The first-order valence-corrected chi connectivity index (χ1v) is 5.26. The van der Waals surface area contributed by atoms with Crippen molar-refractivity contribution < 1.29 is 4.74 Å². The topological polar surface area (TPSA) is 47.9 Å². The van der Waals surface area contributed by atoms with E-state index < -0.39 is 0 Å². The van der Waals surface area contributed by atoms with Gasteiger partial charge in [0.25, 0.3) is 0 Å². The molecule has 2 rings (SSSR count). The normalized spacial score (nSPS) is 10.1. The first-order chi connectivity index (χ1) is 7.79. The Balaban J connectivity index is 2.27. The Morgan fingerprint density at radius 2 is 2.00 bits per heavy atom. The van der Waals surface area contributed by atoms with Crippen molar-refractivity contribution in [3.05, 3.63) is 35.7 Å². The number of rotatable bonds is 3. The molecular formula is C11H10ClN3O. The van der Waals surface area contributed by atoms with Crippen molar-refractivity contribution in [3.63, 3.8) is 0 Å². The summed E-state index contributed by atoms with van der Waals surface area (Å²) in [5, 5.41) is 7.48. The molecular weight excluding hydrogens is 226 g/mol. The van der Waals surface area contributed by atoms with Crippen LogP contribution in [0.4, 0.5) is 0 Å². The van der Waals surface area contributed by atoms with E-state index in [4.69, 9.17) is 16.3 Å². The SMILES string of the molecule is CCOc1ccc(-c2cnnc(Cl)n2)cc1. The summed E-state index contributed by atoms with van der Waals surface area (Å²) in [6.45, 7) is 2.60. The van der Waals surface area contributed by atoms with Gasteiger partial charge in [-0.25, -0.2) is 4.98 Å². The quantitative estimate of drug-likeness (QED) is 0.821. The zero-order chi connectivity index (χ0) is 11.4. The molecule has 0 aliphatic heterocycles. The van der Waals surface area contributed by atoms with Crippen LogP contribution in [0.3, 0.4) is 0 Å². The molecule has 82 valence electrons. The minimum absolute atomic E-state index is 0.145. The summed E-state index contributed by atoms with van der Waals surface area (Å²) in [6, 6.07) is 7.58. The standard InChI is InChI=1S/C11H10ClN3O/c1-2-16-9-5-3-8(4-6-9)10-7-13-15-11(12)14-10/h3-7H,2H2,1H3. The number of aromatic nitrogens is 3. The molecule has 1 aromatic carbocycles. The van der Waals surface area contributed by atoms with Crippen molar-refractivity contribution in [2.24, 2.45) is 0 Å². The van der Waals surface area contributed by atoms with Crippen molar-refractivity contribution >= 4 is 11.6 Å². The monoisotopic (exact) mass is 235 g/mol. The van der Waals surface area contributed by atoms with Crippen LogP contribution in [0.5, 0.6) is 5.75 Å². The molecule has 0 bridgehead atoms. The molecule has 16 heavy (non-hydrogen) atoms. The second-order valence-electron chi connectivity index (χ2n) is 3.07. The fourth-order valence-corrected chi connectivity index (χ4v) is 1.44. The van der Waals surface area contributed by atoms with Crippen LogP contribution in [-0.2, 0) is 0 Å². The molecule has 0 saturated carbocycles. The zero-order valence-corrected chi connectivity index (χ0v) is 9.48. The third-order valence-corrected chi connectivity index (χ3v) is 2.15. The fourth-order valence-electron chi connectivity index (χ4n) is 1.31. The molecule has 0 unspecified atom stereocenters. The fraction of sp³-hybridized carbons (Fsp3) is 0.182. The Labute approximate surface area is 98.3 Å². The van der Waals surface area contributed by atoms with Gasteiger partial charge in [0.15, 0.2) is 0 Å². The molecule has 0 amide bonds. The first-order valence-electron chi connectivity index (χ1n) is 4.88. The summed E-state index contributed by atoms with van der Waals surface area (Å²) in [4.78, 5) is 4.07. The maximum Gasteiger partial charge on any atom is 0.243 e. The molecule has 4 nitrogen and oxygen atoms in total. The second kappa shape index (κ2) is 4.90. The van der Waals surface area contributed by atoms with Gasteiger partial charge in [-0.1, -0.05) is 0 Å². The molecule has 0 aliphatic rings. The number of hydrogen-bond donors (Lipinski definition) is 0. The van der Waals surface area contributed by atoms with E-state index in [-0.39, 0.29) is 5.28 Å². The summed E-state index contributed by atoms with van der Waals surface area (Å²) in [6.07, 6.45) is 1.57. The van der Waals surface area contributed by atoms with E-state index in [0.29, 0.717) is 12.3 Å². The summed E-state index contributed by atoms with van der Waals surface area (Å²) in [5.74, 6) is 0.833. The van der Waals surface area contributed by atoms with Crippen LogP contribution in [0.15, 0.2) is 30.5 Å². The van der Waals surface area contributed by atoms with Gasteiger partial charge < -0.3 is 4.74 Å². The van der Waals surface area contributed by atoms with E-state index in [2.05, 4.69) is 15.2 Å². The minimum atomic E-state index is 0.145. The Hall–Kier alpha value is -1.68. The molecule has 1 aromatic heterocycles. The number of halogens is 1. The lowest BCUT2D eigenvalue weighted by Gasteiger charge is -2.04. The highest BCUT2D eigenvalue weighted by Crippen LogP contribution is 2.20. The summed E-state index contributed by atoms with van der Waals surface area (Å²) < 4.78 is 5.35. The Morgan fingerprint density at radius 3 is 2.62 bits per heavy atom. The van der Waals surface area contributed by atoms with Gasteiger partial charge in [-0.15, -0.1) is 5.10 Å². The summed E-state index contributed by atoms with van der Waals surface area (Å²) >= 11 is 5.67. The molecule has 0 radical (unpaired) electrons. The van der Waals surface area contributed by atoms with Gasteiger partial charge in [0, 0.05) is 5.56 Å². The van der Waals surface area contributed by atoms with Gasteiger partial charge in [0.05, 0.1) is 18.5 Å². The van der Waals surface area contributed by atoms with Crippen molar-refractivity contribution in [2.75, 3.05) is 6.61 Å². The molecule has 5 heteroatoms. The molecule has 0 spiro atoms. The lowest BCUT2D eigenvalue weighted by Crippen LogP contribution is -1.92. The highest BCUT2D eigenvalue weighted by molar-refractivity contribution is 6.28. The van der Waals surface area contributed by atoms with Crippen molar-refractivity contribution in [1.29, 1.82) is 0 Å². The van der Waals surface area contributed by atoms with E-state index in [1.807, 2.05) is 31.2 Å². The Kier molecular flexibility index (Phi) is 3.31. The molecule has 2 aromatic rings. The minimum Gasteiger partial charge on any atom is -0.494 e. The van der Waals surface area contributed by atoms with E-state index in [1.54, 1.807) is 6.20 Å². The molecule has 1 heterocycles. The summed E-state index contributed by atoms with van der Waals surface area (Å²) in [7, 11) is 0. The van der Waals surface area contributed by atoms with Gasteiger partial charge >= 0.3 is 0 Å². The van der Waals surface area contributed by atoms with Crippen LogP contribution < -0.4 is 4.74 Å². The van der Waals surface area contributed by atoms with E-state index >= 15 is 0 Å². The highest BCUT2D eigenvalue weighted by atomic mass is 35.5. The predicted molar refractivity (Wildman–Crippen MR) is 61.4 cm³/mol. The number of ether oxygens (including phenoxy) is 1. The molecule has 0 saturated heterocycles. The van der Waals surface area contributed by atoms with Gasteiger partial charge in [-0.05, 0) is 42.8 Å². The van der Waals surface area contributed by atoms with Crippen LogP contribution in [0.2, 0.25) is 5.28 Å². The second-order valence-corrected chi connectivity index (χ2v) is 3.41. The third-order valence-electron chi connectivity index (χ3n) is 1.99. The molecule has 0 atom stereocenters. The lowest BCUT2D eigenvalue weighted by atomic mass is 10.1. The highest BCUT2D eigenvalue weighted by Gasteiger charge is 2.01. The smallest absolute Gasteiger partial charge is 0.243 e. The van der Waals surface area contributed by atoms with Crippen LogP contribution >= 0.6 is 11.6 Å².